The highest BCUT2D eigenvalue weighted by Crippen LogP contribution is 2.21. The molecule has 1 nitrogen and oxygen atoms in total. The summed E-state index contributed by atoms with van der Waals surface area (Å²) in [5, 5.41) is 3.52. The molecule has 118 valence electrons. The van der Waals surface area contributed by atoms with Crippen molar-refractivity contribution in [2.45, 2.75) is 52.4 Å². The summed E-state index contributed by atoms with van der Waals surface area (Å²) in [6, 6.07) is 17.5. The predicted octanol–water partition coefficient (Wildman–Crippen LogP) is 6.43. The van der Waals surface area contributed by atoms with Gasteiger partial charge in [-0.25, -0.2) is 0 Å². The summed E-state index contributed by atoms with van der Waals surface area (Å²) >= 11 is 0. The minimum absolute atomic E-state index is 1.08. The molecule has 1 heteroatoms. The molecule has 0 aromatic heterocycles. The average Bonchev–Trinajstić information content (AvgIpc) is 2.55. The zero-order valence-electron chi connectivity index (χ0n) is 14.1. The number of benzene rings is 2. The fourth-order valence-electron chi connectivity index (χ4n) is 2.66. The van der Waals surface area contributed by atoms with Gasteiger partial charge in [-0.1, -0.05) is 81.0 Å². The fraction of sp³-hybridized carbons (Fsp3) is 0.429. The SMILES string of the molecule is CCCCCCCCNc1ccc(-c2ccc(C)cc2)cc1. The van der Waals surface area contributed by atoms with E-state index in [9.17, 15) is 0 Å². The molecule has 2 rings (SSSR count). The summed E-state index contributed by atoms with van der Waals surface area (Å²) in [6.45, 7) is 5.47. The van der Waals surface area contributed by atoms with Crippen LogP contribution in [0.15, 0.2) is 48.5 Å². The molecule has 0 saturated heterocycles. The van der Waals surface area contributed by atoms with E-state index < -0.39 is 0 Å². The van der Waals surface area contributed by atoms with Gasteiger partial charge in [0.25, 0.3) is 0 Å². The van der Waals surface area contributed by atoms with E-state index in [0.717, 1.165) is 6.54 Å². The zero-order chi connectivity index (χ0) is 15.6. The first-order valence-corrected chi connectivity index (χ1v) is 8.70. The minimum Gasteiger partial charge on any atom is -0.385 e. The van der Waals surface area contributed by atoms with Gasteiger partial charge in [-0.3, -0.25) is 0 Å². The van der Waals surface area contributed by atoms with Crippen molar-refractivity contribution in [3.8, 4) is 11.1 Å². The Morgan fingerprint density at radius 3 is 1.86 bits per heavy atom. The van der Waals surface area contributed by atoms with Crippen molar-refractivity contribution in [1.29, 1.82) is 0 Å². The standard InChI is InChI=1S/C21H29N/c1-3-4-5-6-7-8-17-22-21-15-13-20(14-16-21)19-11-9-18(2)10-12-19/h9-16,22H,3-8,17H2,1-2H3. The molecule has 0 spiro atoms. The molecule has 0 bridgehead atoms. The summed E-state index contributed by atoms with van der Waals surface area (Å²) in [4.78, 5) is 0. The second-order valence-corrected chi connectivity index (χ2v) is 6.14. The molecule has 0 aliphatic heterocycles. The van der Waals surface area contributed by atoms with E-state index in [4.69, 9.17) is 0 Å². The molecule has 0 heterocycles. The molecule has 2 aromatic carbocycles. The summed E-state index contributed by atoms with van der Waals surface area (Å²) < 4.78 is 0. The third-order valence-electron chi connectivity index (χ3n) is 4.13. The van der Waals surface area contributed by atoms with Gasteiger partial charge in [-0.15, -0.1) is 0 Å². The number of unbranched alkanes of at least 4 members (excludes halogenated alkanes) is 5. The molecular weight excluding hydrogens is 266 g/mol. The third kappa shape index (κ3) is 5.55. The molecule has 0 aliphatic carbocycles. The maximum Gasteiger partial charge on any atom is 0.0340 e. The molecule has 0 radical (unpaired) electrons. The number of aryl methyl sites for hydroxylation is 1. The van der Waals surface area contributed by atoms with E-state index in [1.165, 1.54) is 60.9 Å². The van der Waals surface area contributed by atoms with Gasteiger partial charge in [0.15, 0.2) is 0 Å². The van der Waals surface area contributed by atoms with Crippen LogP contribution in [0.25, 0.3) is 11.1 Å². The first kappa shape index (κ1) is 16.6. The Kier molecular flexibility index (Phi) is 7.02. The van der Waals surface area contributed by atoms with Crippen molar-refractivity contribution >= 4 is 5.69 Å². The maximum absolute atomic E-state index is 3.52. The van der Waals surface area contributed by atoms with Crippen LogP contribution in [-0.2, 0) is 0 Å². The first-order chi connectivity index (χ1) is 10.8. The van der Waals surface area contributed by atoms with Gasteiger partial charge in [-0.2, -0.15) is 0 Å². The predicted molar refractivity (Wildman–Crippen MR) is 98.5 cm³/mol. The van der Waals surface area contributed by atoms with Crippen molar-refractivity contribution in [3.63, 3.8) is 0 Å². The number of anilines is 1. The van der Waals surface area contributed by atoms with Gasteiger partial charge in [0.05, 0.1) is 0 Å². The zero-order valence-corrected chi connectivity index (χ0v) is 14.1. The molecule has 0 fully saturated rings. The lowest BCUT2D eigenvalue weighted by atomic mass is 10.0. The van der Waals surface area contributed by atoms with Crippen LogP contribution in [-0.4, -0.2) is 6.54 Å². The number of rotatable bonds is 9. The van der Waals surface area contributed by atoms with E-state index in [2.05, 4.69) is 67.7 Å². The Bertz CT molecular complexity index is 525. The van der Waals surface area contributed by atoms with Crippen molar-refractivity contribution < 1.29 is 0 Å². The Labute approximate surface area is 135 Å². The smallest absolute Gasteiger partial charge is 0.0340 e. The van der Waals surface area contributed by atoms with E-state index in [1.54, 1.807) is 0 Å². The maximum atomic E-state index is 3.52. The Morgan fingerprint density at radius 2 is 1.23 bits per heavy atom. The highest BCUT2D eigenvalue weighted by molar-refractivity contribution is 5.66. The van der Waals surface area contributed by atoms with Crippen LogP contribution >= 0.6 is 0 Å². The molecule has 0 amide bonds. The molecule has 0 unspecified atom stereocenters. The normalized spacial score (nSPS) is 10.6. The van der Waals surface area contributed by atoms with Gasteiger partial charge in [0.1, 0.15) is 0 Å². The fourth-order valence-corrected chi connectivity index (χ4v) is 2.66. The number of nitrogens with one attached hydrogen (secondary N) is 1. The average molecular weight is 295 g/mol. The van der Waals surface area contributed by atoms with Crippen LogP contribution in [0.5, 0.6) is 0 Å². The van der Waals surface area contributed by atoms with Crippen LogP contribution in [0.2, 0.25) is 0 Å². The van der Waals surface area contributed by atoms with E-state index in [0.29, 0.717) is 0 Å². The van der Waals surface area contributed by atoms with Crippen LogP contribution in [0.3, 0.4) is 0 Å². The second kappa shape index (κ2) is 9.30. The Morgan fingerprint density at radius 1 is 0.682 bits per heavy atom. The lowest BCUT2D eigenvalue weighted by Gasteiger charge is -2.08. The summed E-state index contributed by atoms with van der Waals surface area (Å²) in [5.41, 5.74) is 5.10. The molecular formula is C21H29N. The number of hydrogen-bond donors (Lipinski definition) is 1. The topological polar surface area (TPSA) is 12.0 Å². The van der Waals surface area contributed by atoms with Crippen molar-refractivity contribution in [2.75, 3.05) is 11.9 Å². The Balaban J connectivity index is 1.74. The second-order valence-electron chi connectivity index (χ2n) is 6.14. The van der Waals surface area contributed by atoms with E-state index in [-0.39, 0.29) is 0 Å². The van der Waals surface area contributed by atoms with Gasteiger partial charge in [0.2, 0.25) is 0 Å². The summed E-state index contributed by atoms with van der Waals surface area (Å²) in [5.74, 6) is 0. The van der Waals surface area contributed by atoms with E-state index in [1.807, 2.05) is 0 Å². The Hall–Kier alpha value is -1.76. The quantitative estimate of drug-likeness (QED) is 0.525. The van der Waals surface area contributed by atoms with Crippen molar-refractivity contribution in [3.05, 3.63) is 54.1 Å². The molecule has 0 atom stereocenters. The monoisotopic (exact) mass is 295 g/mol. The minimum atomic E-state index is 1.08. The van der Waals surface area contributed by atoms with Gasteiger partial charge >= 0.3 is 0 Å². The number of hydrogen-bond acceptors (Lipinski definition) is 1. The summed E-state index contributed by atoms with van der Waals surface area (Å²) in [6.07, 6.45) is 8.08. The largest absolute Gasteiger partial charge is 0.385 e. The van der Waals surface area contributed by atoms with Crippen molar-refractivity contribution in [1.82, 2.24) is 0 Å². The van der Waals surface area contributed by atoms with Crippen LogP contribution < -0.4 is 5.32 Å². The molecule has 2 aromatic rings. The van der Waals surface area contributed by atoms with Crippen LogP contribution in [0, 0.1) is 6.92 Å². The van der Waals surface area contributed by atoms with Gasteiger partial charge < -0.3 is 5.32 Å². The van der Waals surface area contributed by atoms with E-state index >= 15 is 0 Å². The van der Waals surface area contributed by atoms with Crippen LogP contribution in [0.4, 0.5) is 5.69 Å². The van der Waals surface area contributed by atoms with Crippen LogP contribution in [0.1, 0.15) is 51.0 Å². The molecule has 1 N–H and O–H groups in total. The molecule has 0 aliphatic rings. The lowest BCUT2D eigenvalue weighted by molar-refractivity contribution is 0.617. The van der Waals surface area contributed by atoms with Crippen molar-refractivity contribution in [2.24, 2.45) is 0 Å². The van der Waals surface area contributed by atoms with Gasteiger partial charge in [-0.05, 0) is 36.6 Å². The molecule has 0 saturated carbocycles. The highest BCUT2D eigenvalue weighted by Gasteiger charge is 1.98. The first-order valence-electron chi connectivity index (χ1n) is 8.70. The van der Waals surface area contributed by atoms with Gasteiger partial charge in [0, 0.05) is 12.2 Å². The summed E-state index contributed by atoms with van der Waals surface area (Å²) in [7, 11) is 0. The third-order valence-corrected chi connectivity index (χ3v) is 4.13. The highest BCUT2D eigenvalue weighted by atomic mass is 14.9. The lowest BCUT2D eigenvalue weighted by Crippen LogP contribution is -2.01. The molecule has 22 heavy (non-hydrogen) atoms.